The minimum absolute atomic E-state index is 0.236. The van der Waals surface area contributed by atoms with Gasteiger partial charge < -0.3 is 10.6 Å². The predicted molar refractivity (Wildman–Crippen MR) is 92.5 cm³/mol. The van der Waals surface area contributed by atoms with Gasteiger partial charge in [-0.2, -0.15) is 0 Å². The molecule has 0 bridgehead atoms. The standard InChI is InChI=1S/C19H18N2O/c1-13-10-11-16(12-14(13)2)20-19(22)21-18-9-5-7-15-6-3-4-8-17(15)18/h3-12H,1-2H3,(H2,20,21,22). The van der Waals surface area contributed by atoms with E-state index in [0.717, 1.165) is 27.7 Å². The highest BCUT2D eigenvalue weighted by atomic mass is 16.2. The quantitative estimate of drug-likeness (QED) is 0.677. The number of carbonyl (C=O) groups is 1. The summed E-state index contributed by atoms with van der Waals surface area (Å²) in [4.78, 5) is 12.2. The minimum atomic E-state index is -0.236. The first-order valence-electron chi connectivity index (χ1n) is 7.26. The molecule has 22 heavy (non-hydrogen) atoms. The van der Waals surface area contributed by atoms with Crippen molar-refractivity contribution in [1.82, 2.24) is 0 Å². The van der Waals surface area contributed by atoms with Crippen LogP contribution in [0.5, 0.6) is 0 Å². The van der Waals surface area contributed by atoms with Crippen LogP contribution in [-0.2, 0) is 0 Å². The highest BCUT2D eigenvalue weighted by Gasteiger charge is 2.06. The number of aryl methyl sites for hydroxylation is 2. The monoisotopic (exact) mass is 290 g/mol. The lowest BCUT2D eigenvalue weighted by Crippen LogP contribution is -2.19. The van der Waals surface area contributed by atoms with Gasteiger partial charge in [0, 0.05) is 11.1 Å². The van der Waals surface area contributed by atoms with Crippen molar-refractivity contribution in [2.45, 2.75) is 13.8 Å². The van der Waals surface area contributed by atoms with Crippen molar-refractivity contribution in [3.8, 4) is 0 Å². The lowest BCUT2D eigenvalue weighted by molar-refractivity contribution is 0.262. The normalized spacial score (nSPS) is 10.5. The predicted octanol–water partition coefficient (Wildman–Crippen LogP) is 5.10. The van der Waals surface area contributed by atoms with E-state index in [2.05, 4.69) is 17.6 Å². The smallest absolute Gasteiger partial charge is 0.308 e. The van der Waals surface area contributed by atoms with Gasteiger partial charge in [0.2, 0.25) is 0 Å². The van der Waals surface area contributed by atoms with Crippen LogP contribution in [0.1, 0.15) is 11.1 Å². The molecule has 0 aromatic heterocycles. The van der Waals surface area contributed by atoms with Crippen molar-refractivity contribution in [2.75, 3.05) is 10.6 Å². The first kappa shape index (κ1) is 14.1. The molecule has 0 spiro atoms. The number of rotatable bonds is 2. The van der Waals surface area contributed by atoms with Gasteiger partial charge in [-0.15, -0.1) is 0 Å². The lowest BCUT2D eigenvalue weighted by atomic mass is 10.1. The number of nitrogens with one attached hydrogen (secondary N) is 2. The van der Waals surface area contributed by atoms with E-state index in [1.165, 1.54) is 5.56 Å². The molecule has 110 valence electrons. The maximum atomic E-state index is 12.2. The Balaban J connectivity index is 1.80. The topological polar surface area (TPSA) is 41.1 Å². The third-order valence-corrected chi connectivity index (χ3v) is 3.80. The molecule has 0 fully saturated rings. The van der Waals surface area contributed by atoms with Gasteiger partial charge in [0.25, 0.3) is 0 Å². The van der Waals surface area contributed by atoms with Crippen LogP contribution in [0.25, 0.3) is 10.8 Å². The Hall–Kier alpha value is -2.81. The number of carbonyl (C=O) groups excluding carboxylic acids is 1. The van der Waals surface area contributed by atoms with Gasteiger partial charge in [-0.1, -0.05) is 42.5 Å². The molecular formula is C19H18N2O. The molecule has 0 aliphatic rings. The average Bonchev–Trinajstić information content (AvgIpc) is 2.51. The Morgan fingerprint density at radius 2 is 1.59 bits per heavy atom. The lowest BCUT2D eigenvalue weighted by Gasteiger charge is -2.11. The number of hydrogen-bond acceptors (Lipinski definition) is 1. The average molecular weight is 290 g/mol. The summed E-state index contributed by atoms with van der Waals surface area (Å²) in [6.45, 7) is 4.08. The molecule has 3 nitrogen and oxygen atoms in total. The van der Waals surface area contributed by atoms with Crippen LogP contribution in [0.3, 0.4) is 0 Å². The summed E-state index contributed by atoms with van der Waals surface area (Å²) in [5.74, 6) is 0. The van der Waals surface area contributed by atoms with Crippen LogP contribution in [0, 0.1) is 13.8 Å². The van der Waals surface area contributed by atoms with Crippen LogP contribution in [0.4, 0.5) is 16.2 Å². The summed E-state index contributed by atoms with van der Waals surface area (Å²) in [5.41, 5.74) is 3.96. The van der Waals surface area contributed by atoms with Crippen molar-refractivity contribution in [3.05, 3.63) is 71.8 Å². The third-order valence-electron chi connectivity index (χ3n) is 3.80. The Labute approximate surface area is 130 Å². The summed E-state index contributed by atoms with van der Waals surface area (Å²) in [7, 11) is 0. The van der Waals surface area contributed by atoms with Crippen molar-refractivity contribution >= 4 is 28.2 Å². The number of fused-ring (bicyclic) bond motifs is 1. The summed E-state index contributed by atoms with van der Waals surface area (Å²) in [5, 5.41) is 7.92. The molecule has 2 amide bonds. The molecule has 0 unspecified atom stereocenters. The van der Waals surface area contributed by atoms with Crippen LogP contribution in [0.2, 0.25) is 0 Å². The van der Waals surface area contributed by atoms with Gasteiger partial charge in [-0.05, 0) is 48.6 Å². The molecule has 0 aliphatic heterocycles. The van der Waals surface area contributed by atoms with Crippen molar-refractivity contribution in [1.29, 1.82) is 0 Å². The SMILES string of the molecule is Cc1ccc(NC(=O)Nc2cccc3ccccc23)cc1C. The minimum Gasteiger partial charge on any atom is -0.308 e. The van der Waals surface area contributed by atoms with Gasteiger partial charge in [0.15, 0.2) is 0 Å². The first-order chi connectivity index (χ1) is 10.6. The summed E-state index contributed by atoms with van der Waals surface area (Å²) in [6.07, 6.45) is 0. The highest BCUT2D eigenvalue weighted by molar-refractivity contribution is 6.06. The summed E-state index contributed by atoms with van der Waals surface area (Å²) >= 11 is 0. The fourth-order valence-corrected chi connectivity index (χ4v) is 2.44. The largest absolute Gasteiger partial charge is 0.323 e. The zero-order valence-corrected chi connectivity index (χ0v) is 12.7. The van der Waals surface area contributed by atoms with Crippen LogP contribution in [0.15, 0.2) is 60.7 Å². The molecule has 0 heterocycles. The highest BCUT2D eigenvalue weighted by Crippen LogP contribution is 2.23. The zero-order valence-electron chi connectivity index (χ0n) is 12.7. The van der Waals surface area contributed by atoms with Crippen molar-refractivity contribution < 1.29 is 4.79 Å². The van der Waals surface area contributed by atoms with E-state index in [0.29, 0.717) is 0 Å². The molecule has 0 saturated carbocycles. The van der Waals surface area contributed by atoms with Gasteiger partial charge in [0.05, 0.1) is 5.69 Å². The molecular weight excluding hydrogens is 272 g/mol. The van der Waals surface area contributed by atoms with Crippen LogP contribution in [-0.4, -0.2) is 6.03 Å². The van der Waals surface area contributed by atoms with E-state index >= 15 is 0 Å². The number of benzene rings is 3. The van der Waals surface area contributed by atoms with E-state index in [-0.39, 0.29) is 6.03 Å². The van der Waals surface area contributed by atoms with E-state index in [1.807, 2.05) is 67.6 Å². The molecule has 3 heteroatoms. The van der Waals surface area contributed by atoms with Gasteiger partial charge >= 0.3 is 6.03 Å². The van der Waals surface area contributed by atoms with E-state index in [9.17, 15) is 4.79 Å². The fraction of sp³-hybridized carbons (Fsp3) is 0.105. The van der Waals surface area contributed by atoms with Gasteiger partial charge in [-0.3, -0.25) is 0 Å². The van der Waals surface area contributed by atoms with Crippen LogP contribution >= 0.6 is 0 Å². The maximum absolute atomic E-state index is 12.2. The van der Waals surface area contributed by atoms with E-state index < -0.39 is 0 Å². The van der Waals surface area contributed by atoms with Gasteiger partial charge in [0.1, 0.15) is 0 Å². The van der Waals surface area contributed by atoms with Crippen molar-refractivity contribution in [2.24, 2.45) is 0 Å². The molecule has 0 atom stereocenters. The molecule has 2 N–H and O–H groups in total. The van der Waals surface area contributed by atoms with E-state index in [4.69, 9.17) is 0 Å². The Bertz CT molecular complexity index is 834. The molecule has 0 radical (unpaired) electrons. The molecule has 3 rings (SSSR count). The second-order valence-corrected chi connectivity index (χ2v) is 5.40. The molecule has 3 aromatic carbocycles. The molecule has 0 aliphatic carbocycles. The fourth-order valence-electron chi connectivity index (χ4n) is 2.44. The van der Waals surface area contributed by atoms with Gasteiger partial charge in [-0.25, -0.2) is 4.79 Å². The Kier molecular flexibility index (Phi) is 3.79. The zero-order chi connectivity index (χ0) is 15.5. The molecule has 3 aromatic rings. The summed E-state index contributed by atoms with van der Waals surface area (Å²) < 4.78 is 0. The third kappa shape index (κ3) is 2.93. The second-order valence-electron chi connectivity index (χ2n) is 5.40. The number of urea groups is 1. The number of amides is 2. The van der Waals surface area contributed by atoms with Crippen LogP contribution < -0.4 is 10.6 Å². The first-order valence-corrected chi connectivity index (χ1v) is 7.26. The van der Waals surface area contributed by atoms with E-state index in [1.54, 1.807) is 0 Å². The Morgan fingerprint density at radius 3 is 2.41 bits per heavy atom. The number of hydrogen-bond donors (Lipinski definition) is 2. The second kappa shape index (κ2) is 5.90. The molecule has 0 saturated heterocycles. The van der Waals surface area contributed by atoms with Crippen molar-refractivity contribution in [3.63, 3.8) is 0 Å². The number of anilines is 2. The summed E-state index contributed by atoms with van der Waals surface area (Å²) in [6, 6.07) is 19.5. The maximum Gasteiger partial charge on any atom is 0.323 e. The Morgan fingerprint density at radius 1 is 0.818 bits per heavy atom.